The number of rotatable bonds is 10. The lowest BCUT2D eigenvalue weighted by atomic mass is 10.0. The first-order valence-corrected chi connectivity index (χ1v) is 13.6. The Bertz CT molecular complexity index is 1010. The van der Waals surface area contributed by atoms with Crippen molar-refractivity contribution in [2.75, 3.05) is 50.7 Å². The third kappa shape index (κ3) is 6.66. The van der Waals surface area contributed by atoms with Crippen molar-refractivity contribution in [1.82, 2.24) is 9.80 Å². The number of nitriles is 1. The molecule has 0 N–H and O–H groups in total. The van der Waals surface area contributed by atoms with Crippen molar-refractivity contribution in [2.45, 2.75) is 52.2 Å². The lowest BCUT2D eigenvalue weighted by Crippen LogP contribution is -2.51. The van der Waals surface area contributed by atoms with Crippen molar-refractivity contribution in [3.8, 4) is 6.07 Å². The second-order valence-corrected chi connectivity index (χ2v) is 10.0. The van der Waals surface area contributed by atoms with E-state index in [0.29, 0.717) is 18.1 Å². The summed E-state index contributed by atoms with van der Waals surface area (Å²) in [5.74, 6) is 0.458. The molecule has 2 aromatic carbocycles. The minimum absolute atomic E-state index is 0.0653. The van der Waals surface area contributed by atoms with Gasteiger partial charge in [-0.25, -0.2) is 0 Å². The van der Waals surface area contributed by atoms with Crippen LogP contribution in [-0.2, 0) is 16.1 Å². The molecule has 2 aliphatic heterocycles. The standard InChI is InChI=1S/C30H40N4O2/c1-3-26(4-2)30(35)34-18-16-32(17-19-34)22-29(36-23-25-12-10-24(21-31)11-13-25)27-8-7-9-28(20-27)33-14-5-6-15-33/h7-13,20,26,29H,3-6,14-19,22-23H2,1-2H3/t29-/m0/s1. The van der Waals surface area contributed by atoms with Crippen LogP contribution in [0.15, 0.2) is 48.5 Å². The van der Waals surface area contributed by atoms with E-state index in [1.165, 1.54) is 24.1 Å². The highest BCUT2D eigenvalue weighted by Gasteiger charge is 2.27. The van der Waals surface area contributed by atoms with E-state index in [1.807, 2.05) is 24.3 Å². The Morgan fingerprint density at radius 2 is 1.67 bits per heavy atom. The van der Waals surface area contributed by atoms with Crippen LogP contribution < -0.4 is 4.90 Å². The fraction of sp³-hybridized carbons (Fsp3) is 0.533. The summed E-state index contributed by atoms with van der Waals surface area (Å²) in [6.45, 7) is 11.0. The molecule has 192 valence electrons. The predicted molar refractivity (Wildman–Crippen MR) is 144 cm³/mol. The number of carbonyl (C=O) groups is 1. The van der Waals surface area contributed by atoms with Crippen LogP contribution in [0.3, 0.4) is 0 Å². The van der Waals surface area contributed by atoms with Crippen LogP contribution in [-0.4, -0.2) is 61.5 Å². The third-order valence-electron chi connectivity index (χ3n) is 7.69. The number of ether oxygens (including phenoxy) is 1. The molecular weight excluding hydrogens is 448 g/mol. The Kier molecular flexibility index (Phi) is 9.38. The van der Waals surface area contributed by atoms with E-state index in [9.17, 15) is 4.79 Å². The minimum Gasteiger partial charge on any atom is -0.372 e. The second-order valence-electron chi connectivity index (χ2n) is 10.0. The number of carbonyl (C=O) groups excluding carboxylic acids is 1. The molecule has 0 aliphatic carbocycles. The number of hydrogen-bond acceptors (Lipinski definition) is 5. The molecule has 6 nitrogen and oxygen atoms in total. The summed E-state index contributed by atoms with van der Waals surface area (Å²) in [6.07, 6.45) is 4.26. The smallest absolute Gasteiger partial charge is 0.225 e. The van der Waals surface area contributed by atoms with Gasteiger partial charge in [0.1, 0.15) is 0 Å². The number of anilines is 1. The van der Waals surface area contributed by atoms with Gasteiger partial charge in [-0.2, -0.15) is 5.26 Å². The van der Waals surface area contributed by atoms with Crippen molar-refractivity contribution in [3.63, 3.8) is 0 Å². The van der Waals surface area contributed by atoms with Gasteiger partial charge in [-0.05, 0) is 61.1 Å². The SMILES string of the molecule is CCC(CC)C(=O)N1CCN(C[C@H](OCc2ccc(C#N)cc2)c2cccc(N3CCCC3)c2)CC1. The van der Waals surface area contributed by atoms with Crippen LogP contribution in [0.4, 0.5) is 5.69 Å². The topological polar surface area (TPSA) is 59.8 Å². The van der Waals surface area contributed by atoms with Gasteiger partial charge in [0.05, 0.1) is 24.3 Å². The Morgan fingerprint density at radius 3 is 2.31 bits per heavy atom. The van der Waals surface area contributed by atoms with Crippen molar-refractivity contribution in [1.29, 1.82) is 5.26 Å². The summed E-state index contributed by atoms with van der Waals surface area (Å²) in [5, 5.41) is 9.09. The van der Waals surface area contributed by atoms with Crippen molar-refractivity contribution < 1.29 is 9.53 Å². The van der Waals surface area contributed by atoms with Crippen molar-refractivity contribution >= 4 is 11.6 Å². The Hall–Kier alpha value is -2.88. The molecule has 1 atom stereocenters. The largest absolute Gasteiger partial charge is 0.372 e. The number of benzene rings is 2. The first-order chi connectivity index (χ1) is 17.6. The molecule has 0 radical (unpaired) electrons. The molecule has 0 spiro atoms. The Labute approximate surface area is 216 Å². The van der Waals surface area contributed by atoms with Crippen molar-refractivity contribution in [2.24, 2.45) is 5.92 Å². The quantitative estimate of drug-likeness (QED) is 0.471. The molecule has 1 amide bonds. The maximum Gasteiger partial charge on any atom is 0.225 e. The first kappa shape index (κ1) is 26.2. The lowest BCUT2D eigenvalue weighted by Gasteiger charge is -2.37. The van der Waals surface area contributed by atoms with E-state index in [0.717, 1.165) is 64.2 Å². The van der Waals surface area contributed by atoms with E-state index < -0.39 is 0 Å². The predicted octanol–water partition coefficient (Wildman–Crippen LogP) is 5.00. The number of nitrogens with zero attached hydrogens (tertiary/aromatic N) is 4. The molecule has 2 aromatic rings. The Morgan fingerprint density at radius 1 is 0.972 bits per heavy atom. The highest BCUT2D eigenvalue weighted by molar-refractivity contribution is 5.78. The molecule has 6 heteroatoms. The molecule has 2 aliphatic rings. The van der Waals surface area contributed by atoms with Gasteiger partial charge in [-0.1, -0.05) is 38.1 Å². The molecule has 2 saturated heterocycles. The van der Waals surface area contributed by atoms with Gasteiger partial charge in [0.25, 0.3) is 0 Å². The fourth-order valence-corrected chi connectivity index (χ4v) is 5.31. The summed E-state index contributed by atoms with van der Waals surface area (Å²) in [5.41, 5.74) is 4.20. The molecule has 0 bridgehead atoms. The van der Waals surface area contributed by atoms with Crippen LogP contribution in [0.1, 0.15) is 62.3 Å². The van der Waals surface area contributed by atoms with Crippen LogP contribution in [0.25, 0.3) is 0 Å². The Balaban J connectivity index is 1.44. The summed E-state index contributed by atoms with van der Waals surface area (Å²) < 4.78 is 6.53. The van der Waals surface area contributed by atoms with Gasteiger partial charge < -0.3 is 14.5 Å². The maximum atomic E-state index is 12.8. The molecule has 4 rings (SSSR count). The monoisotopic (exact) mass is 488 g/mol. The molecule has 2 fully saturated rings. The first-order valence-electron chi connectivity index (χ1n) is 13.6. The van der Waals surface area contributed by atoms with Crippen LogP contribution in [0, 0.1) is 17.2 Å². The van der Waals surface area contributed by atoms with Crippen LogP contribution in [0.2, 0.25) is 0 Å². The van der Waals surface area contributed by atoms with E-state index >= 15 is 0 Å². The van der Waals surface area contributed by atoms with Gasteiger partial charge >= 0.3 is 0 Å². The average Bonchev–Trinajstić information content (AvgIpc) is 3.48. The molecular formula is C30H40N4O2. The number of amides is 1. The molecule has 2 heterocycles. The molecule has 0 aromatic heterocycles. The zero-order chi connectivity index (χ0) is 25.3. The van der Waals surface area contributed by atoms with Gasteiger partial charge in [0, 0.05) is 57.4 Å². The highest BCUT2D eigenvalue weighted by Crippen LogP contribution is 2.28. The summed E-state index contributed by atoms with van der Waals surface area (Å²) in [4.78, 5) is 19.8. The number of hydrogen-bond donors (Lipinski definition) is 0. The van der Waals surface area contributed by atoms with E-state index in [1.54, 1.807) is 0 Å². The maximum absolute atomic E-state index is 12.8. The summed E-state index contributed by atoms with van der Waals surface area (Å²) >= 11 is 0. The zero-order valence-corrected chi connectivity index (χ0v) is 21.9. The van der Waals surface area contributed by atoms with Gasteiger partial charge in [-0.15, -0.1) is 0 Å². The van der Waals surface area contributed by atoms with E-state index in [4.69, 9.17) is 10.00 Å². The van der Waals surface area contributed by atoms with Gasteiger partial charge in [0.15, 0.2) is 0 Å². The normalized spacial score (nSPS) is 17.4. The van der Waals surface area contributed by atoms with Crippen LogP contribution >= 0.6 is 0 Å². The minimum atomic E-state index is -0.0653. The fourth-order valence-electron chi connectivity index (χ4n) is 5.31. The second kappa shape index (κ2) is 12.9. The lowest BCUT2D eigenvalue weighted by molar-refractivity contribution is -0.137. The molecule has 0 unspecified atom stereocenters. The average molecular weight is 489 g/mol. The zero-order valence-electron chi connectivity index (χ0n) is 21.9. The molecule has 36 heavy (non-hydrogen) atoms. The van der Waals surface area contributed by atoms with Gasteiger partial charge in [-0.3, -0.25) is 9.69 Å². The number of piperazine rings is 1. The van der Waals surface area contributed by atoms with Gasteiger partial charge in [0.2, 0.25) is 5.91 Å². The molecule has 0 saturated carbocycles. The summed E-state index contributed by atoms with van der Waals surface area (Å²) in [7, 11) is 0. The van der Waals surface area contributed by atoms with E-state index in [-0.39, 0.29) is 12.0 Å². The third-order valence-corrected chi connectivity index (χ3v) is 7.69. The summed E-state index contributed by atoms with van der Waals surface area (Å²) in [6, 6.07) is 18.6. The van der Waals surface area contributed by atoms with E-state index in [2.05, 4.69) is 58.9 Å². The van der Waals surface area contributed by atoms with Crippen LogP contribution in [0.5, 0.6) is 0 Å². The van der Waals surface area contributed by atoms with Crippen molar-refractivity contribution in [3.05, 3.63) is 65.2 Å². The highest BCUT2D eigenvalue weighted by atomic mass is 16.5.